The zero-order valence-electron chi connectivity index (χ0n) is 16.5. The van der Waals surface area contributed by atoms with E-state index in [1.165, 1.54) is 12.3 Å². The summed E-state index contributed by atoms with van der Waals surface area (Å²) in [7, 11) is -17.6. The van der Waals surface area contributed by atoms with Gasteiger partial charge >= 0.3 is 94.4 Å². The maximum atomic E-state index is 11.7. The zero-order chi connectivity index (χ0) is 21.3. The molecule has 0 aromatic carbocycles. The normalized spacial score (nSPS) is 26.2. The average molecular weight is 533 g/mol. The van der Waals surface area contributed by atoms with Crippen molar-refractivity contribution < 1.29 is 145 Å². The molecule has 1 aromatic heterocycles. The summed E-state index contributed by atoms with van der Waals surface area (Å²) in [4.78, 5) is 56.4. The van der Waals surface area contributed by atoms with Crippen LogP contribution in [-0.4, -0.2) is 38.4 Å². The smallest absolute Gasteiger partial charge is 0.756 e. The fourth-order valence-corrected chi connectivity index (χ4v) is 5.03. The number of anilines is 1. The van der Waals surface area contributed by atoms with Crippen LogP contribution in [0, 0.1) is 0 Å². The Morgan fingerprint density at radius 2 is 1.77 bits per heavy atom. The summed E-state index contributed by atoms with van der Waals surface area (Å²) < 4.78 is 49.9. The molecule has 160 valence electrons. The van der Waals surface area contributed by atoms with E-state index in [-0.39, 0.29) is 101 Å². The van der Waals surface area contributed by atoms with Crippen molar-refractivity contribution in [2.75, 3.05) is 12.3 Å². The molecule has 16 nitrogen and oxygen atoms in total. The van der Waals surface area contributed by atoms with E-state index in [0.29, 0.717) is 0 Å². The van der Waals surface area contributed by atoms with Crippen molar-refractivity contribution in [2.24, 2.45) is 0 Å². The van der Waals surface area contributed by atoms with Crippen LogP contribution in [0.3, 0.4) is 0 Å². The number of hydrogen-bond acceptors (Lipinski definition) is 14. The third-order valence-corrected chi connectivity index (χ3v) is 6.86. The van der Waals surface area contributed by atoms with Gasteiger partial charge in [-0.05, 0) is 6.07 Å². The molecule has 5 unspecified atom stereocenters. The topological polar surface area (TPSA) is 259 Å². The zero-order valence-corrected chi connectivity index (χ0v) is 25.2. The number of nitrogens with zero attached hydrogens (tertiary/aromatic N) is 2. The Bertz CT molecular complexity index is 928. The van der Waals surface area contributed by atoms with Gasteiger partial charge in [0.05, 0.1) is 12.7 Å². The molecule has 1 aromatic rings. The number of ether oxygens (including phenoxy) is 1. The molecule has 1 fully saturated rings. The second-order valence-electron chi connectivity index (χ2n) is 5.30. The van der Waals surface area contributed by atoms with E-state index in [2.05, 4.69) is 18.1 Å². The molecule has 1 saturated heterocycles. The summed E-state index contributed by atoms with van der Waals surface area (Å²) in [6, 6.07) is 1.28. The Kier molecular flexibility index (Phi) is 15.8. The van der Waals surface area contributed by atoms with Crippen LogP contribution in [0.1, 0.15) is 12.6 Å². The van der Waals surface area contributed by atoms with E-state index in [0.717, 1.165) is 4.57 Å². The molecule has 2 rings (SSSR count). The molecule has 0 bridgehead atoms. The number of phosphoric acid groups is 3. The number of aliphatic hydroxyl groups is 1. The Balaban J connectivity index is 0. The van der Waals surface area contributed by atoms with Gasteiger partial charge in [-0.25, -0.2) is 13.4 Å². The number of nitrogen functional groups attached to an aromatic ring is 1. The van der Waals surface area contributed by atoms with Gasteiger partial charge < -0.3 is 39.7 Å². The van der Waals surface area contributed by atoms with Crippen molar-refractivity contribution in [2.45, 2.75) is 24.9 Å². The predicted molar refractivity (Wildman–Crippen MR) is 80.6 cm³/mol. The van der Waals surface area contributed by atoms with Crippen molar-refractivity contribution >= 4 is 29.3 Å². The maximum absolute atomic E-state index is 11.7. The average Bonchev–Trinajstić information content (AvgIpc) is 2.82. The van der Waals surface area contributed by atoms with Crippen LogP contribution in [0.4, 0.5) is 5.82 Å². The van der Waals surface area contributed by atoms with E-state index >= 15 is 0 Å². The number of aromatic nitrogens is 2. The fourth-order valence-electron chi connectivity index (χ4n) is 2.13. The molecule has 1 aliphatic heterocycles. The molecule has 4 N–H and O–H groups in total. The summed E-state index contributed by atoms with van der Waals surface area (Å²) >= 11 is 0. The Morgan fingerprint density at radius 3 is 2.29 bits per heavy atom. The molecule has 0 amide bonds. The van der Waals surface area contributed by atoms with Gasteiger partial charge in [0.15, 0.2) is 0 Å². The van der Waals surface area contributed by atoms with Gasteiger partial charge in [-0.1, -0.05) is 0 Å². The second-order valence-corrected chi connectivity index (χ2v) is 9.59. The third-order valence-electron chi connectivity index (χ3n) is 3.17. The van der Waals surface area contributed by atoms with Crippen LogP contribution < -0.4 is 115 Å². The van der Waals surface area contributed by atoms with Gasteiger partial charge in [-0.15, -0.1) is 0 Å². The molecule has 2 heterocycles. The first-order valence-electron chi connectivity index (χ1n) is 7.09. The van der Waals surface area contributed by atoms with Crippen molar-refractivity contribution in [3.63, 3.8) is 0 Å². The maximum Gasteiger partial charge on any atom is 1.00 e. The number of hydrogen-bond donors (Lipinski definition) is 3. The molecule has 6 atom stereocenters. The Morgan fingerprint density at radius 1 is 1.19 bits per heavy atom. The number of nitrogens with two attached hydrogens (primary N) is 1. The van der Waals surface area contributed by atoms with Crippen LogP contribution in [0.15, 0.2) is 17.1 Å². The van der Waals surface area contributed by atoms with Gasteiger partial charge in [0, 0.05) is 12.6 Å². The second kappa shape index (κ2) is 13.9. The van der Waals surface area contributed by atoms with Gasteiger partial charge in [0.1, 0.15) is 18.1 Å². The standard InChI is InChI=1S/C9H16N3O13P3.3Na/c10-7-1-2-12(9(14)11-7)8-3-5(13)6(23-8)4-22-27(18,19)25-28(20,21)24-26(15,16)17;;;/h1-2,5-6,8,13H,3-4H2,(H,18,19)(H,20,21)(H2,10,11,14)(H2,15,16,17);;;/q;3*+1/p-3/t5-,6?,8?;;;/m1.../s1. The summed E-state index contributed by atoms with van der Waals surface area (Å²) in [6.07, 6.45) is -2.66. The minimum atomic E-state index is -6.03. The van der Waals surface area contributed by atoms with Gasteiger partial charge in [-0.2, -0.15) is 4.98 Å². The molecule has 0 radical (unpaired) electrons. The van der Waals surface area contributed by atoms with E-state index < -0.39 is 54.2 Å². The Labute approximate surface area is 241 Å². The Hall–Kier alpha value is 2.01. The summed E-state index contributed by atoms with van der Waals surface area (Å²) in [5, 5.41) is 9.90. The van der Waals surface area contributed by atoms with Gasteiger partial charge in [0.2, 0.25) is 0 Å². The van der Waals surface area contributed by atoms with Crippen molar-refractivity contribution in [1.29, 1.82) is 0 Å². The molecular weight excluding hydrogens is 520 g/mol. The monoisotopic (exact) mass is 533 g/mol. The third kappa shape index (κ3) is 12.0. The van der Waals surface area contributed by atoms with Crippen LogP contribution in [0.5, 0.6) is 0 Å². The van der Waals surface area contributed by atoms with Crippen molar-refractivity contribution in [1.82, 2.24) is 9.55 Å². The number of aliphatic hydroxyl groups excluding tert-OH is 1. The van der Waals surface area contributed by atoms with Crippen LogP contribution in [0.25, 0.3) is 0 Å². The van der Waals surface area contributed by atoms with Crippen LogP contribution in [-0.2, 0) is 31.6 Å². The molecule has 1 aliphatic rings. The first-order valence-corrected chi connectivity index (χ1v) is 11.5. The summed E-state index contributed by atoms with van der Waals surface area (Å²) in [6.45, 7) is -0.955. The molecular formula is C9H13N3Na3O13P3. The largest absolute Gasteiger partial charge is 1.00 e. The quantitative estimate of drug-likeness (QED) is 0.207. The molecule has 22 heteroatoms. The fraction of sp³-hybridized carbons (Fsp3) is 0.556. The summed E-state index contributed by atoms with van der Waals surface area (Å²) in [5.74, 6) is -0.0566. The van der Waals surface area contributed by atoms with E-state index in [1.54, 1.807) is 0 Å². The van der Waals surface area contributed by atoms with Gasteiger partial charge in [0.25, 0.3) is 23.5 Å². The molecule has 31 heavy (non-hydrogen) atoms. The van der Waals surface area contributed by atoms with E-state index in [1.807, 2.05) is 0 Å². The first kappa shape index (κ1) is 35.2. The molecule has 0 saturated carbocycles. The van der Waals surface area contributed by atoms with Crippen LogP contribution >= 0.6 is 23.5 Å². The van der Waals surface area contributed by atoms with Crippen molar-refractivity contribution in [3.8, 4) is 0 Å². The molecule has 0 spiro atoms. The van der Waals surface area contributed by atoms with Gasteiger partial charge in [-0.3, -0.25) is 18.3 Å². The number of phosphoric ester groups is 1. The first-order chi connectivity index (χ1) is 12.7. The minimum absolute atomic E-state index is 0. The minimum Gasteiger partial charge on any atom is -0.756 e. The van der Waals surface area contributed by atoms with Crippen molar-refractivity contribution in [3.05, 3.63) is 22.7 Å². The van der Waals surface area contributed by atoms with E-state index in [4.69, 9.17) is 15.4 Å². The number of rotatable bonds is 8. The van der Waals surface area contributed by atoms with Crippen LogP contribution in [0.2, 0.25) is 0 Å². The SMILES string of the molecule is Nc1ccn(C2C[C@@H](O)C(COP(=O)([O-])OP(=O)([O-])OP(=O)([O-])O)O2)c(=O)n1.[Na+].[Na+].[Na+]. The van der Waals surface area contributed by atoms with E-state index in [9.17, 15) is 38.3 Å². The molecule has 0 aliphatic carbocycles. The predicted octanol–water partition coefficient (Wildman–Crippen LogP) is -12.1. The summed E-state index contributed by atoms with van der Waals surface area (Å²) in [5.41, 5.74) is 4.54.